The SMILES string of the molecule is COc1cccc(C(=O)N2CCCN(c3nc(Cc4ccc(C)cc4)nc4c3cnn4-c3ccccc3)CC2)c1. The van der Waals surface area contributed by atoms with Crippen LogP contribution in [0.5, 0.6) is 5.75 Å². The minimum atomic E-state index is 0.0190. The molecule has 1 amide bonds. The Labute approximate surface area is 233 Å². The van der Waals surface area contributed by atoms with Crippen molar-refractivity contribution in [3.05, 3.63) is 108 Å². The van der Waals surface area contributed by atoms with Crippen LogP contribution in [0.25, 0.3) is 16.7 Å². The summed E-state index contributed by atoms with van der Waals surface area (Å²) in [6.07, 6.45) is 3.32. The fourth-order valence-electron chi connectivity index (χ4n) is 5.17. The van der Waals surface area contributed by atoms with E-state index in [9.17, 15) is 4.79 Å². The second kappa shape index (κ2) is 11.2. The number of methoxy groups -OCH3 is 1. The molecule has 0 atom stereocenters. The molecule has 0 N–H and O–H groups in total. The molecule has 8 nitrogen and oxygen atoms in total. The first kappa shape index (κ1) is 25.6. The number of aromatic nitrogens is 4. The summed E-state index contributed by atoms with van der Waals surface area (Å²) < 4.78 is 7.21. The lowest BCUT2D eigenvalue weighted by Crippen LogP contribution is -2.35. The third-order valence-corrected chi connectivity index (χ3v) is 7.34. The van der Waals surface area contributed by atoms with Crippen LogP contribution in [0.15, 0.2) is 85.1 Å². The zero-order chi connectivity index (χ0) is 27.5. The lowest BCUT2D eigenvalue weighted by Gasteiger charge is -2.24. The van der Waals surface area contributed by atoms with Gasteiger partial charge in [0.15, 0.2) is 5.65 Å². The Morgan fingerprint density at radius 3 is 2.52 bits per heavy atom. The van der Waals surface area contributed by atoms with Crippen molar-refractivity contribution in [2.75, 3.05) is 38.2 Å². The van der Waals surface area contributed by atoms with Gasteiger partial charge in [0, 0.05) is 38.2 Å². The van der Waals surface area contributed by atoms with Crippen molar-refractivity contribution in [2.24, 2.45) is 0 Å². The topological polar surface area (TPSA) is 76.4 Å². The molecule has 0 aliphatic carbocycles. The van der Waals surface area contributed by atoms with E-state index in [4.69, 9.17) is 19.8 Å². The number of carbonyl (C=O) groups excluding carboxylic acids is 1. The van der Waals surface area contributed by atoms with Gasteiger partial charge in [0.05, 0.1) is 24.4 Å². The number of para-hydroxylation sites is 1. The predicted molar refractivity (Wildman–Crippen MR) is 156 cm³/mol. The molecule has 3 heterocycles. The van der Waals surface area contributed by atoms with Crippen molar-refractivity contribution >= 4 is 22.8 Å². The number of rotatable bonds is 6. The van der Waals surface area contributed by atoms with Gasteiger partial charge in [0.1, 0.15) is 17.4 Å². The molecule has 5 aromatic rings. The van der Waals surface area contributed by atoms with Gasteiger partial charge in [-0.25, -0.2) is 14.6 Å². The van der Waals surface area contributed by atoms with Gasteiger partial charge in [0.2, 0.25) is 0 Å². The summed E-state index contributed by atoms with van der Waals surface area (Å²) in [6, 6.07) is 25.9. The van der Waals surface area contributed by atoms with Crippen molar-refractivity contribution in [3.63, 3.8) is 0 Å². The third kappa shape index (κ3) is 5.25. The molecule has 40 heavy (non-hydrogen) atoms. The van der Waals surface area contributed by atoms with Gasteiger partial charge in [-0.15, -0.1) is 0 Å². The molecule has 202 valence electrons. The van der Waals surface area contributed by atoms with Crippen LogP contribution in [-0.2, 0) is 6.42 Å². The molecule has 0 saturated carbocycles. The Kier molecular flexibility index (Phi) is 7.14. The van der Waals surface area contributed by atoms with E-state index >= 15 is 0 Å². The van der Waals surface area contributed by atoms with E-state index < -0.39 is 0 Å². The Morgan fingerprint density at radius 2 is 1.73 bits per heavy atom. The lowest BCUT2D eigenvalue weighted by molar-refractivity contribution is 0.0766. The Bertz CT molecular complexity index is 1630. The predicted octanol–water partition coefficient (Wildman–Crippen LogP) is 5.08. The van der Waals surface area contributed by atoms with Gasteiger partial charge in [0.25, 0.3) is 5.91 Å². The smallest absolute Gasteiger partial charge is 0.254 e. The number of nitrogens with zero attached hydrogens (tertiary/aromatic N) is 6. The second-order valence-corrected chi connectivity index (χ2v) is 10.1. The summed E-state index contributed by atoms with van der Waals surface area (Å²) in [5.74, 6) is 2.32. The van der Waals surface area contributed by atoms with E-state index in [1.165, 1.54) is 5.56 Å². The molecular formula is C32H32N6O2. The molecule has 8 heteroatoms. The van der Waals surface area contributed by atoms with Crippen LogP contribution in [-0.4, -0.2) is 63.8 Å². The number of hydrogen-bond donors (Lipinski definition) is 0. The number of amides is 1. The van der Waals surface area contributed by atoms with Gasteiger partial charge in [-0.3, -0.25) is 4.79 Å². The van der Waals surface area contributed by atoms with Crippen LogP contribution >= 0.6 is 0 Å². The number of benzene rings is 3. The largest absolute Gasteiger partial charge is 0.497 e. The molecule has 0 radical (unpaired) electrons. The number of fused-ring (bicyclic) bond motifs is 1. The van der Waals surface area contributed by atoms with Gasteiger partial charge in [-0.1, -0.05) is 54.1 Å². The second-order valence-electron chi connectivity index (χ2n) is 10.1. The Morgan fingerprint density at radius 1 is 0.900 bits per heavy atom. The fraction of sp³-hybridized carbons (Fsp3) is 0.250. The first-order valence-electron chi connectivity index (χ1n) is 13.6. The quantitative estimate of drug-likeness (QED) is 0.304. The van der Waals surface area contributed by atoms with Gasteiger partial charge in [-0.2, -0.15) is 5.10 Å². The summed E-state index contributed by atoms with van der Waals surface area (Å²) in [7, 11) is 1.61. The molecule has 3 aromatic carbocycles. The Hall–Kier alpha value is -4.72. The molecular weight excluding hydrogens is 500 g/mol. The van der Waals surface area contributed by atoms with Crippen molar-refractivity contribution in [1.29, 1.82) is 0 Å². The number of carbonyl (C=O) groups is 1. The minimum absolute atomic E-state index is 0.0190. The zero-order valence-electron chi connectivity index (χ0n) is 22.8. The van der Waals surface area contributed by atoms with Crippen LogP contribution in [0, 0.1) is 6.92 Å². The van der Waals surface area contributed by atoms with Crippen molar-refractivity contribution in [1.82, 2.24) is 24.6 Å². The summed E-state index contributed by atoms with van der Waals surface area (Å²) in [6.45, 7) is 4.82. The monoisotopic (exact) mass is 532 g/mol. The highest BCUT2D eigenvalue weighted by Crippen LogP contribution is 2.28. The molecule has 1 saturated heterocycles. The van der Waals surface area contributed by atoms with E-state index in [1.807, 2.05) is 64.3 Å². The molecule has 0 bridgehead atoms. The number of hydrogen-bond acceptors (Lipinski definition) is 6. The van der Waals surface area contributed by atoms with E-state index in [-0.39, 0.29) is 5.91 Å². The van der Waals surface area contributed by atoms with Gasteiger partial charge < -0.3 is 14.5 Å². The molecule has 6 rings (SSSR count). The number of ether oxygens (including phenoxy) is 1. The molecule has 1 aliphatic rings. The molecule has 0 spiro atoms. The number of anilines is 1. The maximum Gasteiger partial charge on any atom is 0.254 e. The first-order chi connectivity index (χ1) is 19.6. The first-order valence-corrected chi connectivity index (χ1v) is 13.6. The maximum absolute atomic E-state index is 13.3. The Balaban J connectivity index is 1.33. The molecule has 2 aromatic heterocycles. The van der Waals surface area contributed by atoms with Crippen molar-refractivity contribution in [2.45, 2.75) is 19.8 Å². The summed E-state index contributed by atoms with van der Waals surface area (Å²) in [5.41, 5.74) is 4.76. The zero-order valence-corrected chi connectivity index (χ0v) is 22.8. The highest BCUT2D eigenvalue weighted by Gasteiger charge is 2.24. The molecule has 1 aliphatic heterocycles. The number of aryl methyl sites for hydroxylation is 1. The van der Waals surface area contributed by atoms with Crippen molar-refractivity contribution < 1.29 is 9.53 Å². The van der Waals surface area contributed by atoms with Crippen LogP contribution in [0.1, 0.15) is 33.7 Å². The average molecular weight is 533 g/mol. The standard InChI is InChI=1S/C32H32N6O2/c1-23-12-14-24(15-13-23)20-29-34-30(28-22-33-38(31(28)35-29)26-9-4-3-5-10-26)36-16-7-17-37(19-18-36)32(39)25-8-6-11-27(21-25)40-2/h3-6,8-15,21-22H,7,16-20H2,1-2H3. The van der Waals surface area contributed by atoms with Gasteiger partial charge in [-0.05, 0) is 49.2 Å². The van der Waals surface area contributed by atoms with E-state index in [0.717, 1.165) is 46.9 Å². The molecule has 1 fully saturated rings. The average Bonchev–Trinajstić information content (AvgIpc) is 3.27. The fourth-order valence-corrected chi connectivity index (χ4v) is 5.17. The summed E-state index contributed by atoms with van der Waals surface area (Å²) >= 11 is 0. The summed E-state index contributed by atoms with van der Waals surface area (Å²) in [4.78, 5) is 27.6. The highest BCUT2D eigenvalue weighted by atomic mass is 16.5. The maximum atomic E-state index is 13.3. The van der Waals surface area contributed by atoms with Crippen LogP contribution in [0.2, 0.25) is 0 Å². The van der Waals surface area contributed by atoms with E-state index in [0.29, 0.717) is 37.4 Å². The van der Waals surface area contributed by atoms with Crippen LogP contribution in [0.4, 0.5) is 5.82 Å². The third-order valence-electron chi connectivity index (χ3n) is 7.34. The normalized spacial score (nSPS) is 13.8. The van der Waals surface area contributed by atoms with Crippen LogP contribution < -0.4 is 9.64 Å². The van der Waals surface area contributed by atoms with E-state index in [2.05, 4.69) is 36.1 Å². The minimum Gasteiger partial charge on any atom is -0.497 e. The highest BCUT2D eigenvalue weighted by molar-refractivity contribution is 5.94. The summed E-state index contributed by atoms with van der Waals surface area (Å²) in [5, 5.41) is 5.62. The lowest BCUT2D eigenvalue weighted by atomic mass is 10.1. The van der Waals surface area contributed by atoms with E-state index in [1.54, 1.807) is 13.2 Å². The van der Waals surface area contributed by atoms with Gasteiger partial charge >= 0.3 is 0 Å². The van der Waals surface area contributed by atoms with Crippen LogP contribution in [0.3, 0.4) is 0 Å². The molecule has 0 unspecified atom stereocenters. The van der Waals surface area contributed by atoms with Crippen molar-refractivity contribution in [3.8, 4) is 11.4 Å².